The van der Waals surface area contributed by atoms with Gasteiger partial charge in [-0.05, 0) is 135 Å². The van der Waals surface area contributed by atoms with Crippen LogP contribution in [-0.2, 0) is 9.47 Å². The molecule has 0 fully saturated rings. The van der Waals surface area contributed by atoms with Crippen molar-refractivity contribution in [2.24, 2.45) is 0 Å². The molecule has 0 aliphatic carbocycles. The summed E-state index contributed by atoms with van der Waals surface area (Å²) in [7, 11) is 3.25. The van der Waals surface area contributed by atoms with E-state index >= 15 is 0 Å². The van der Waals surface area contributed by atoms with Crippen molar-refractivity contribution in [3.05, 3.63) is 189 Å². The molecule has 0 atom stereocenters. The average Bonchev–Trinajstić information content (AvgIpc) is 3.20. The molecule has 0 aliphatic rings. The van der Waals surface area contributed by atoms with Crippen molar-refractivity contribution < 1.29 is 14.3 Å². The number of hydrogen-bond acceptors (Lipinski definition) is 6. The molecule has 0 bridgehead atoms. The Morgan fingerprint density at radius 2 is 0.983 bits per heavy atom. The summed E-state index contributed by atoms with van der Waals surface area (Å²) in [5, 5.41) is 13.1. The average molecular weight is 770 g/mol. The maximum atomic E-state index is 12.9. The Bertz CT molecular complexity index is 2370. The zero-order chi connectivity index (χ0) is 41.3. The molecular formula is C52H55N3O3. The fourth-order valence-electron chi connectivity index (χ4n) is 7.92. The summed E-state index contributed by atoms with van der Waals surface area (Å²) in [5.74, 6) is -0.401. The van der Waals surface area contributed by atoms with Gasteiger partial charge in [-0.2, -0.15) is 0 Å². The molecule has 0 radical (unpaired) electrons. The molecule has 6 heteroatoms. The van der Waals surface area contributed by atoms with E-state index < -0.39 is 0 Å². The van der Waals surface area contributed by atoms with Crippen molar-refractivity contribution in [1.29, 1.82) is 0 Å². The molecule has 7 rings (SSSR count). The van der Waals surface area contributed by atoms with E-state index in [2.05, 4.69) is 171 Å². The Balaban J connectivity index is 0.00000183. The number of aryl methyl sites for hydroxylation is 6. The Morgan fingerprint density at radius 3 is 1.47 bits per heavy atom. The van der Waals surface area contributed by atoms with E-state index in [0.717, 1.165) is 39.2 Å². The van der Waals surface area contributed by atoms with Crippen LogP contribution in [-0.4, -0.2) is 26.8 Å². The third-order valence-electron chi connectivity index (χ3n) is 10.3. The van der Waals surface area contributed by atoms with Crippen LogP contribution in [0.25, 0.3) is 10.8 Å². The molecule has 6 nitrogen and oxygen atoms in total. The molecule has 0 heterocycles. The lowest BCUT2D eigenvalue weighted by atomic mass is 9.82. The zero-order valence-corrected chi connectivity index (χ0v) is 35.2. The molecule has 0 unspecified atom stereocenters. The van der Waals surface area contributed by atoms with Crippen molar-refractivity contribution in [3.63, 3.8) is 0 Å². The molecule has 58 heavy (non-hydrogen) atoms. The number of methoxy groups -OCH3 is 1. The minimum Gasteiger partial charge on any atom is -0.462 e. The first-order valence-corrected chi connectivity index (χ1v) is 19.9. The van der Waals surface area contributed by atoms with Crippen LogP contribution in [0.3, 0.4) is 0 Å². The number of carbonyl (C=O) groups is 1. The second kappa shape index (κ2) is 18.7. The van der Waals surface area contributed by atoms with Crippen LogP contribution in [0.2, 0.25) is 0 Å². The molecule has 296 valence electrons. The largest absolute Gasteiger partial charge is 0.462 e. The summed E-state index contributed by atoms with van der Waals surface area (Å²) in [5.41, 5.74) is 17.5. The monoisotopic (exact) mass is 769 g/mol. The number of benzene rings is 7. The van der Waals surface area contributed by atoms with Gasteiger partial charge in [0.15, 0.2) is 0 Å². The third kappa shape index (κ3) is 9.42. The smallest absolute Gasteiger partial charge is 0.340 e. The number of ether oxygens (including phenoxy) is 2. The molecule has 0 saturated heterocycles. The van der Waals surface area contributed by atoms with Gasteiger partial charge in [-0.3, -0.25) is 0 Å². The highest BCUT2D eigenvalue weighted by atomic mass is 16.5. The molecular weight excluding hydrogens is 715 g/mol. The van der Waals surface area contributed by atoms with Crippen LogP contribution < -0.4 is 16.0 Å². The van der Waals surface area contributed by atoms with Crippen LogP contribution in [0.4, 0.5) is 34.1 Å². The van der Waals surface area contributed by atoms with Crippen LogP contribution in [0.1, 0.15) is 73.3 Å². The van der Waals surface area contributed by atoms with E-state index in [1.807, 2.05) is 25.1 Å². The Labute approximate surface area is 344 Å². The van der Waals surface area contributed by atoms with Crippen LogP contribution in [0.15, 0.2) is 133 Å². The highest BCUT2D eigenvalue weighted by Crippen LogP contribution is 2.41. The second-order valence-corrected chi connectivity index (χ2v) is 15.0. The Hall–Kier alpha value is -6.37. The Morgan fingerprint density at radius 1 is 0.534 bits per heavy atom. The number of nitrogens with one attached hydrogen (secondary N) is 3. The Kier molecular flexibility index (Phi) is 13.3. The first-order valence-electron chi connectivity index (χ1n) is 19.9. The predicted octanol–water partition coefficient (Wildman–Crippen LogP) is 13.5. The fourth-order valence-corrected chi connectivity index (χ4v) is 7.92. The van der Waals surface area contributed by atoms with Gasteiger partial charge in [0.2, 0.25) is 0 Å². The normalized spacial score (nSPS) is 10.9. The standard InChI is InChI=1S/C50H49N3O2.C2H6O/c1-8-55-50(54)44-15-11-12-16-45(44)53-46-26-25-43(41-13-9-10-14-42(41)46)47(37-17-21-39(22-18-37)51-48-33(4)27-31(2)28-34(48)5)38-19-23-40(24-20-38)52-49-35(6)29-32(3)30-36(49)7;1-3-2/h9-30,47,51-53H,8H2,1-7H3;1-2H3. The van der Waals surface area contributed by atoms with Gasteiger partial charge in [-0.1, -0.05) is 102 Å². The summed E-state index contributed by atoms with van der Waals surface area (Å²) in [6.45, 7) is 15.1. The first kappa shape index (κ1) is 41.3. The van der Waals surface area contributed by atoms with Gasteiger partial charge in [0.1, 0.15) is 0 Å². The lowest BCUT2D eigenvalue weighted by Gasteiger charge is -2.23. The molecule has 7 aromatic rings. The van der Waals surface area contributed by atoms with E-state index in [-0.39, 0.29) is 11.9 Å². The van der Waals surface area contributed by atoms with Gasteiger partial charge in [0.05, 0.1) is 17.9 Å². The summed E-state index contributed by atoms with van der Waals surface area (Å²) in [6, 6.07) is 46.9. The van der Waals surface area contributed by atoms with Gasteiger partial charge < -0.3 is 25.4 Å². The molecule has 3 N–H and O–H groups in total. The summed E-state index contributed by atoms with van der Waals surface area (Å²) in [4.78, 5) is 12.9. The fraction of sp³-hybridized carbons (Fsp3) is 0.212. The number of para-hydroxylation sites is 1. The molecule has 0 spiro atoms. The summed E-state index contributed by atoms with van der Waals surface area (Å²) < 4.78 is 9.62. The predicted molar refractivity (Wildman–Crippen MR) is 244 cm³/mol. The third-order valence-corrected chi connectivity index (χ3v) is 10.3. The molecule has 0 saturated carbocycles. The maximum Gasteiger partial charge on any atom is 0.340 e. The maximum absolute atomic E-state index is 12.9. The minimum absolute atomic E-state index is 0.0560. The van der Waals surface area contributed by atoms with E-state index in [9.17, 15) is 4.79 Å². The molecule has 7 aromatic carbocycles. The van der Waals surface area contributed by atoms with Gasteiger partial charge in [0.25, 0.3) is 0 Å². The highest BCUT2D eigenvalue weighted by Gasteiger charge is 2.22. The first-order chi connectivity index (χ1) is 28.0. The van der Waals surface area contributed by atoms with Crippen molar-refractivity contribution in [2.75, 3.05) is 36.8 Å². The number of anilines is 6. The second-order valence-electron chi connectivity index (χ2n) is 15.0. The number of esters is 1. The molecule has 0 aliphatic heterocycles. The zero-order valence-electron chi connectivity index (χ0n) is 35.2. The van der Waals surface area contributed by atoms with Gasteiger partial charge in [0, 0.05) is 54.0 Å². The summed E-state index contributed by atoms with van der Waals surface area (Å²) >= 11 is 0. The van der Waals surface area contributed by atoms with E-state index in [0.29, 0.717) is 17.9 Å². The van der Waals surface area contributed by atoms with Crippen LogP contribution in [0.5, 0.6) is 0 Å². The minimum atomic E-state index is -0.345. The van der Waals surface area contributed by atoms with Crippen molar-refractivity contribution in [1.82, 2.24) is 0 Å². The number of hydrogen-bond donors (Lipinski definition) is 3. The summed E-state index contributed by atoms with van der Waals surface area (Å²) in [6.07, 6.45) is 0. The van der Waals surface area contributed by atoms with E-state index in [1.165, 1.54) is 50.1 Å². The lowest BCUT2D eigenvalue weighted by Crippen LogP contribution is -2.08. The highest BCUT2D eigenvalue weighted by molar-refractivity contribution is 6.01. The SMILES string of the molecule is CCOC(=O)c1ccccc1Nc1ccc(C(c2ccc(Nc3c(C)cc(C)cc3C)cc2)c2ccc(Nc3c(C)cc(C)cc3C)cc2)c2ccccc12.COC. The molecule has 0 aromatic heterocycles. The topological polar surface area (TPSA) is 71.6 Å². The van der Waals surface area contributed by atoms with Gasteiger partial charge in [-0.25, -0.2) is 4.79 Å². The molecule has 0 amide bonds. The van der Waals surface area contributed by atoms with Gasteiger partial charge in [-0.15, -0.1) is 0 Å². The number of carbonyl (C=O) groups excluding carboxylic acids is 1. The van der Waals surface area contributed by atoms with E-state index in [1.54, 1.807) is 20.3 Å². The van der Waals surface area contributed by atoms with Crippen molar-refractivity contribution >= 4 is 50.9 Å². The van der Waals surface area contributed by atoms with E-state index in [4.69, 9.17) is 4.74 Å². The lowest BCUT2D eigenvalue weighted by molar-refractivity contribution is 0.0527. The van der Waals surface area contributed by atoms with Crippen LogP contribution >= 0.6 is 0 Å². The van der Waals surface area contributed by atoms with Crippen molar-refractivity contribution in [2.45, 2.75) is 54.4 Å². The van der Waals surface area contributed by atoms with Crippen molar-refractivity contribution in [3.8, 4) is 0 Å². The number of fused-ring (bicyclic) bond motifs is 1. The number of rotatable bonds is 11. The van der Waals surface area contributed by atoms with Crippen LogP contribution in [0, 0.1) is 41.5 Å². The van der Waals surface area contributed by atoms with Gasteiger partial charge >= 0.3 is 5.97 Å². The quantitative estimate of drug-likeness (QED) is 0.0899.